The predicted molar refractivity (Wildman–Crippen MR) is 62.6 cm³/mol. The number of carbonyl (C=O) groups excluding carboxylic acids is 1. The Hall–Kier alpha value is -1.36. The van der Waals surface area contributed by atoms with Crippen molar-refractivity contribution in [3.05, 3.63) is 11.1 Å². The highest BCUT2D eigenvalue weighted by Gasteiger charge is 2.30. The van der Waals surface area contributed by atoms with Crippen LogP contribution in [0.4, 0.5) is 0 Å². The SMILES string of the molecule is CC(C(=O)O)=C(C)C(=O)NC1(C)CCCOC1. The minimum atomic E-state index is -1.07. The van der Waals surface area contributed by atoms with E-state index in [2.05, 4.69) is 5.32 Å². The number of nitrogens with one attached hydrogen (secondary N) is 1. The highest BCUT2D eigenvalue weighted by molar-refractivity contribution is 6.01. The molecular formula is C12H19NO4. The average Bonchev–Trinajstić information content (AvgIpc) is 2.27. The molecule has 2 N–H and O–H groups in total. The van der Waals surface area contributed by atoms with Gasteiger partial charge in [0.1, 0.15) is 0 Å². The van der Waals surface area contributed by atoms with Gasteiger partial charge < -0.3 is 15.2 Å². The van der Waals surface area contributed by atoms with Gasteiger partial charge in [-0.3, -0.25) is 4.79 Å². The fourth-order valence-corrected chi connectivity index (χ4v) is 1.73. The van der Waals surface area contributed by atoms with E-state index in [9.17, 15) is 9.59 Å². The average molecular weight is 241 g/mol. The van der Waals surface area contributed by atoms with E-state index in [0.29, 0.717) is 13.2 Å². The Labute approximate surface area is 101 Å². The van der Waals surface area contributed by atoms with Crippen LogP contribution in [0.3, 0.4) is 0 Å². The smallest absolute Gasteiger partial charge is 0.331 e. The third-order valence-corrected chi connectivity index (χ3v) is 3.08. The summed E-state index contributed by atoms with van der Waals surface area (Å²) in [6.07, 6.45) is 1.75. The van der Waals surface area contributed by atoms with Gasteiger partial charge in [-0.2, -0.15) is 0 Å². The van der Waals surface area contributed by atoms with Crippen molar-refractivity contribution in [2.24, 2.45) is 0 Å². The molecule has 1 fully saturated rings. The molecule has 0 bridgehead atoms. The number of amides is 1. The van der Waals surface area contributed by atoms with Crippen LogP contribution < -0.4 is 5.32 Å². The highest BCUT2D eigenvalue weighted by Crippen LogP contribution is 2.19. The zero-order valence-electron chi connectivity index (χ0n) is 10.5. The third kappa shape index (κ3) is 3.56. The molecule has 0 radical (unpaired) electrons. The summed E-state index contributed by atoms with van der Waals surface area (Å²) in [6, 6.07) is 0. The summed E-state index contributed by atoms with van der Waals surface area (Å²) >= 11 is 0. The van der Waals surface area contributed by atoms with E-state index in [4.69, 9.17) is 9.84 Å². The fraction of sp³-hybridized carbons (Fsp3) is 0.667. The first-order chi connectivity index (χ1) is 7.86. The van der Waals surface area contributed by atoms with Crippen molar-refractivity contribution in [1.82, 2.24) is 5.32 Å². The normalized spacial score (nSPS) is 26.1. The molecule has 0 aromatic carbocycles. The molecule has 1 aliphatic heterocycles. The maximum atomic E-state index is 11.9. The number of rotatable bonds is 3. The molecule has 1 aliphatic rings. The quantitative estimate of drug-likeness (QED) is 0.725. The monoisotopic (exact) mass is 241 g/mol. The molecular weight excluding hydrogens is 222 g/mol. The number of hydrogen-bond donors (Lipinski definition) is 2. The van der Waals surface area contributed by atoms with Gasteiger partial charge in [0.15, 0.2) is 0 Å². The number of carboxylic acid groups (broad SMARTS) is 1. The van der Waals surface area contributed by atoms with E-state index >= 15 is 0 Å². The lowest BCUT2D eigenvalue weighted by atomic mass is 9.94. The van der Waals surface area contributed by atoms with Crippen LogP contribution in [0.2, 0.25) is 0 Å². The molecule has 0 aromatic rings. The minimum absolute atomic E-state index is 0.0721. The fourth-order valence-electron chi connectivity index (χ4n) is 1.73. The Morgan fingerprint density at radius 3 is 2.41 bits per heavy atom. The van der Waals surface area contributed by atoms with Crippen molar-refractivity contribution in [2.75, 3.05) is 13.2 Å². The Morgan fingerprint density at radius 2 is 1.94 bits per heavy atom. The van der Waals surface area contributed by atoms with Crippen LogP contribution in [0.1, 0.15) is 33.6 Å². The molecule has 0 aliphatic carbocycles. The molecule has 1 unspecified atom stereocenters. The number of carboxylic acids is 1. The zero-order valence-corrected chi connectivity index (χ0v) is 10.5. The Kier molecular flexibility index (Phi) is 4.28. The topological polar surface area (TPSA) is 75.6 Å². The van der Waals surface area contributed by atoms with Crippen LogP contribution in [0.5, 0.6) is 0 Å². The third-order valence-electron chi connectivity index (χ3n) is 3.08. The molecule has 0 aromatic heterocycles. The van der Waals surface area contributed by atoms with Crippen molar-refractivity contribution in [2.45, 2.75) is 39.2 Å². The van der Waals surface area contributed by atoms with Crippen molar-refractivity contribution in [3.63, 3.8) is 0 Å². The number of carbonyl (C=O) groups is 2. The van der Waals surface area contributed by atoms with E-state index in [0.717, 1.165) is 12.8 Å². The zero-order chi connectivity index (χ0) is 13.1. The predicted octanol–water partition coefficient (Wildman–Crippen LogP) is 1.09. The second-order valence-corrected chi connectivity index (χ2v) is 4.73. The molecule has 17 heavy (non-hydrogen) atoms. The summed E-state index contributed by atoms with van der Waals surface area (Å²) in [5, 5.41) is 11.7. The van der Waals surface area contributed by atoms with Gasteiger partial charge in [-0.15, -0.1) is 0 Å². The number of hydrogen-bond acceptors (Lipinski definition) is 3. The van der Waals surface area contributed by atoms with Crippen LogP contribution in [-0.4, -0.2) is 35.7 Å². The van der Waals surface area contributed by atoms with Crippen LogP contribution in [0.25, 0.3) is 0 Å². The van der Waals surface area contributed by atoms with Gasteiger partial charge in [0, 0.05) is 17.8 Å². The molecule has 5 nitrogen and oxygen atoms in total. The summed E-state index contributed by atoms with van der Waals surface area (Å²) in [7, 11) is 0. The molecule has 1 atom stereocenters. The Bertz CT molecular complexity index is 354. The van der Waals surface area contributed by atoms with Gasteiger partial charge in [0.05, 0.1) is 12.1 Å². The minimum Gasteiger partial charge on any atom is -0.478 e. The van der Waals surface area contributed by atoms with E-state index in [-0.39, 0.29) is 17.1 Å². The maximum Gasteiger partial charge on any atom is 0.331 e. The molecule has 1 amide bonds. The summed E-state index contributed by atoms with van der Waals surface area (Å²) in [4.78, 5) is 22.6. The van der Waals surface area contributed by atoms with Gasteiger partial charge in [0.25, 0.3) is 0 Å². The maximum absolute atomic E-state index is 11.9. The van der Waals surface area contributed by atoms with E-state index in [1.807, 2.05) is 6.92 Å². The lowest BCUT2D eigenvalue weighted by Gasteiger charge is -2.34. The first-order valence-corrected chi connectivity index (χ1v) is 5.67. The Balaban J connectivity index is 2.72. The second kappa shape index (κ2) is 5.31. The van der Waals surface area contributed by atoms with Gasteiger partial charge >= 0.3 is 5.97 Å². The van der Waals surface area contributed by atoms with Crippen LogP contribution in [-0.2, 0) is 14.3 Å². The van der Waals surface area contributed by atoms with E-state index in [1.54, 1.807) is 0 Å². The van der Waals surface area contributed by atoms with Crippen molar-refractivity contribution in [3.8, 4) is 0 Å². The van der Waals surface area contributed by atoms with Crippen LogP contribution >= 0.6 is 0 Å². The molecule has 0 saturated carbocycles. The summed E-state index contributed by atoms with van der Waals surface area (Å²) in [6.45, 7) is 6.04. The standard InChI is InChI=1S/C12H19NO4/c1-8(9(2)11(15)16)10(14)13-12(3)5-4-6-17-7-12/h4-7H2,1-3H3,(H,13,14)(H,15,16). The number of ether oxygens (including phenoxy) is 1. The molecule has 96 valence electrons. The van der Waals surface area contributed by atoms with E-state index in [1.165, 1.54) is 13.8 Å². The van der Waals surface area contributed by atoms with Crippen molar-refractivity contribution >= 4 is 11.9 Å². The summed E-state index contributed by atoms with van der Waals surface area (Å²) in [5.74, 6) is -1.40. The first-order valence-electron chi connectivity index (χ1n) is 5.67. The largest absolute Gasteiger partial charge is 0.478 e. The summed E-state index contributed by atoms with van der Waals surface area (Å²) in [5.41, 5.74) is -0.0813. The molecule has 1 heterocycles. The van der Waals surface area contributed by atoms with Gasteiger partial charge in [-0.1, -0.05) is 0 Å². The molecule has 5 heteroatoms. The lowest BCUT2D eigenvalue weighted by Crippen LogP contribution is -2.52. The second-order valence-electron chi connectivity index (χ2n) is 4.73. The van der Waals surface area contributed by atoms with Crippen molar-refractivity contribution < 1.29 is 19.4 Å². The lowest BCUT2D eigenvalue weighted by molar-refractivity contribution is -0.133. The molecule has 1 saturated heterocycles. The van der Waals surface area contributed by atoms with E-state index < -0.39 is 11.5 Å². The Morgan fingerprint density at radius 1 is 1.29 bits per heavy atom. The van der Waals surface area contributed by atoms with Gasteiger partial charge in [0.2, 0.25) is 5.91 Å². The van der Waals surface area contributed by atoms with Gasteiger partial charge in [-0.25, -0.2) is 4.79 Å². The summed E-state index contributed by atoms with van der Waals surface area (Å²) < 4.78 is 5.33. The molecule has 0 spiro atoms. The van der Waals surface area contributed by atoms with Gasteiger partial charge in [-0.05, 0) is 33.6 Å². The van der Waals surface area contributed by atoms with Crippen LogP contribution in [0, 0.1) is 0 Å². The molecule has 1 rings (SSSR count). The van der Waals surface area contributed by atoms with Crippen molar-refractivity contribution in [1.29, 1.82) is 0 Å². The number of aliphatic carboxylic acids is 1. The highest BCUT2D eigenvalue weighted by atomic mass is 16.5. The first kappa shape index (κ1) is 13.7. The van der Waals surface area contributed by atoms with Crippen LogP contribution in [0.15, 0.2) is 11.1 Å².